The summed E-state index contributed by atoms with van der Waals surface area (Å²) >= 11 is 0. The van der Waals surface area contributed by atoms with Gasteiger partial charge in [-0.3, -0.25) is 4.79 Å². The lowest BCUT2D eigenvalue weighted by atomic mass is 10.0. The van der Waals surface area contributed by atoms with Crippen LogP contribution < -0.4 is 0 Å². The molecule has 0 radical (unpaired) electrons. The SMILES string of the molecule is Cc1ccc(C=CC(=O)C(C)CN(C)C)cc1. The number of allylic oxidation sites excluding steroid dienone is 1. The number of rotatable bonds is 5. The molecule has 0 amide bonds. The lowest BCUT2D eigenvalue weighted by molar-refractivity contribution is -0.118. The van der Waals surface area contributed by atoms with Crippen molar-refractivity contribution in [2.45, 2.75) is 13.8 Å². The molecule has 1 aromatic rings. The summed E-state index contributed by atoms with van der Waals surface area (Å²) in [6.45, 7) is 4.80. The number of nitrogens with zero attached hydrogens (tertiary/aromatic N) is 1. The van der Waals surface area contributed by atoms with E-state index in [1.165, 1.54) is 5.56 Å². The van der Waals surface area contributed by atoms with Gasteiger partial charge in [0.2, 0.25) is 0 Å². The Balaban J connectivity index is 2.58. The second-order valence-electron chi connectivity index (χ2n) is 4.81. The molecule has 2 nitrogen and oxygen atoms in total. The quantitative estimate of drug-likeness (QED) is 0.726. The summed E-state index contributed by atoms with van der Waals surface area (Å²) in [6.07, 6.45) is 3.56. The minimum atomic E-state index is 0.0479. The monoisotopic (exact) mass is 231 g/mol. The second kappa shape index (κ2) is 6.36. The molecule has 1 unspecified atom stereocenters. The molecular formula is C15H21NO. The van der Waals surface area contributed by atoms with Gasteiger partial charge in [-0.1, -0.05) is 42.8 Å². The molecule has 1 aromatic carbocycles. The summed E-state index contributed by atoms with van der Waals surface area (Å²) in [4.78, 5) is 13.8. The Bertz CT molecular complexity index is 390. The molecule has 0 aliphatic heterocycles. The highest BCUT2D eigenvalue weighted by Crippen LogP contribution is 2.07. The van der Waals surface area contributed by atoms with Crippen LogP contribution in [0.25, 0.3) is 6.08 Å². The number of ketones is 1. The normalized spacial score (nSPS) is 13.2. The lowest BCUT2D eigenvalue weighted by Gasteiger charge is -2.13. The van der Waals surface area contributed by atoms with Crippen molar-refractivity contribution in [3.05, 3.63) is 41.5 Å². The fourth-order valence-corrected chi connectivity index (χ4v) is 1.66. The van der Waals surface area contributed by atoms with E-state index in [4.69, 9.17) is 0 Å². The van der Waals surface area contributed by atoms with Crippen LogP contribution in [0, 0.1) is 12.8 Å². The summed E-state index contributed by atoms with van der Waals surface area (Å²) in [7, 11) is 3.96. The fourth-order valence-electron chi connectivity index (χ4n) is 1.66. The van der Waals surface area contributed by atoms with E-state index < -0.39 is 0 Å². The largest absolute Gasteiger partial charge is 0.309 e. The fraction of sp³-hybridized carbons (Fsp3) is 0.400. The van der Waals surface area contributed by atoms with Crippen molar-refractivity contribution in [1.29, 1.82) is 0 Å². The van der Waals surface area contributed by atoms with E-state index in [1.807, 2.05) is 56.3 Å². The van der Waals surface area contributed by atoms with E-state index in [-0.39, 0.29) is 11.7 Å². The zero-order valence-corrected chi connectivity index (χ0v) is 11.1. The molecule has 92 valence electrons. The molecule has 0 bridgehead atoms. The number of aryl methyl sites for hydroxylation is 1. The Morgan fingerprint density at radius 2 is 1.88 bits per heavy atom. The molecule has 0 spiro atoms. The molecule has 0 N–H and O–H groups in total. The van der Waals surface area contributed by atoms with Crippen LogP contribution in [-0.4, -0.2) is 31.3 Å². The number of hydrogen-bond acceptors (Lipinski definition) is 2. The Hall–Kier alpha value is -1.41. The molecule has 1 rings (SSSR count). The Morgan fingerprint density at radius 3 is 2.41 bits per heavy atom. The molecule has 0 aliphatic carbocycles. The number of carbonyl (C=O) groups is 1. The average Bonchev–Trinajstić information content (AvgIpc) is 2.27. The summed E-state index contributed by atoms with van der Waals surface area (Å²) in [5, 5.41) is 0. The van der Waals surface area contributed by atoms with Crippen molar-refractivity contribution in [1.82, 2.24) is 4.90 Å². The maximum Gasteiger partial charge on any atom is 0.159 e. The third-order valence-corrected chi connectivity index (χ3v) is 2.64. The highest BCUT2D eigenvalue weighted by atomic mass is 16.1. The maximum atomic E-state index is 11.8. The van der Waals surface area contributed by atoms with Gasteiger partial charge in [0.15, 0.2) is 5.78 Å². The zero-order valence-electron chi connectivity index (χ0n) is 11.1. The van der Waals surface area contributed by atoms with Gasteiger partial charge in [0.25, 0.3) is 0 Å². The van der Waals surface area contributed by atoms with Crippen LogP contribution in [0.2, 0.25) is 0 Å². The molecule has 0 fully saturated rings. The second-order valence-corrected chi connectivity index (χ2v) is 4.81. The van der Waals surface area contributed by atoms with Crippen molar-refractivity contribution in [3.8, 4) is 0 Å². The van der Waals surface area contributed by atoms with E-state index in [0.29, 0.717) is 0 Å². The van der Waals surface area contributed by atoms with Crippen molar-refractivity contribution >= 4 is 11.9 Å². The first-order chi connectivity index (χ1) is 7.99. The van der Waals surface area contributed by atoms with Gasteiger partial charge >= 0.3 is 0 Å². The highest BCUT2D eigenvalue weighted by Gasteiger charge is 2.10. The summed E-state index contributed by atoms with van der Waals surface area (Å²) in [5.41, 5.74) is 2.30. The molecule has 0 heterocycles. The standard InChI is InChI=1S/C15H21NO/c1-12-5-7-14(8-6-12)9-10-15(17)13(2)11-16(3)4/h5-10,13H,11H2,1-4H3. The first-order valence-corrected chi connectivity index (χ1v) is 5.92. The number of benzene rings is 1. The van der Waals surface area contributed by atoms with Gasteiger partial charge in [-0.25, -0.2) is 0 Å². The zero-order chi connectivity index (χ0) is 12.8. The van der Waals surface area contributed by atoms with E-state index >= 15 is 0 Å². The molecule has 2 heteroatoms. The van der Waals surface area contributed by atoms with Crippen molar-refractivity contribution in [2.24, 2.45) is 5.92 Å². The molecule has 0 aliphatic rings. The minimum absolute atomic E-state index is 0.0479. The van der Waals surface area contributed by atoms with Crippen LogP contribution in [0.4, 0.5) is 0 Å². The van der Waals surface area contributed by atoms with Crippen LogP contribution in [0.3, 0.4) is 0 Å². The Morgan fingerprint density at radius 1 is 1.29 bits per heavy atom. The smallest absolute Gasteiger partial charge is 0.159 e. The molecular weight excluding hydrogens is 210 g/mol. The Labute approximate surface area is 104 Å². The summed E-state index contributed by atoms with van der Waals surface area (Å²) < 4.78 is 0. The van der Waals surface area contributed by atoms with E-state index in [1.54, 1.807) is 6.08 Å². The van der Waals surface area contributed by atoms with Gasteiger partial charge in [0.05, 0.1) is 0 Å². The topological polar surface area (TPSA) is 20.3 Å². The van der Waals surface area contributed by atoms with Crippen LogP contribution in [0.1, 0.15) is 18.1 Å². The van der Waals surface area contributed by atoms with E-state index in [0.717, 1.165) is 12.1 Å². The van der Waals surface area contributed by atoms with Crippen LogP contribution in [-0.2, 0) is 4.79 Å². The van der Waals surface area contributed by atoms with Gasteiger partial charge < -0.3 is 4.90 Å². The Kier molecular flexibility index (Phi) is 5.11. The molecule has 0 saturated carbocycles. The molecule has 0 aromatic heterocycles. The van der Waals surface area contributed by atoms with Crippen molar-refractivity contribution < 1.29 is 4.79 Å². The first kappa shape index (κ1) is 13.7. The summed E-state index contributed by atoms with van der Waals surface area (Å²) in [6, 6.07) is 8.15. The van der Waals surface area contributed by atoms with Gasteiger partial charge in [-0.05, 0) is 32.7 Å². The van der Waals surface area contributed by atoms with Crippen LogP contribution in [0.5, 0.6) is 0 Å². The highest BCUT2D eigenvalue weighted by molar-refractivity contribution is 5.95. The predicted octanol–water partition coefficient (Wildman–Crippen LogP) is 2.78. The lowest BCUT2D eigenvalue weighted by Crippen LogP contribution is -2.24. The maximum absolute atomic E-state index is 11.8. The van der Waals surface area contributed by atoms with E-state index in [2.05, 4.69) is 6.92 Å². The van der Waals surface area contributed by atoms with Crippen molar-refractivity contribution in [3.63, 3.8) is 0 Å². The van der Waals surface area contributed by atoms with E-state index in [9.17, 15) is 4.79 Å². The molecule has 17 heavy (non-hydrogen) atoms. The first-order valence-electron chi connectivity index (χ1n) is 5.92. The van der Waals surface area contributed by atoms with Gasteiger partial charge in [-0.15, -0.1) is 0 Å². The predicted molar refractivity (Wildman–Crippen MR) is 72.9 cm³/mol. The van der Waals surface area contributed by atoms with Crippen molar-refractivity contribution in [2.75, 3.05) is 20.6 Å². The molecule has 0 saturated heterocycles. The number of carbonyl (C=O) groups excluding carboxylic acids is 1. The average molecular weight is 231 g/mol. The third-order valence-electron chi connectivity index (χ3n) is 2.64. The molecule has 1 atom stereocenters. The van der Waals surface area contributed by atoms with Gasteiger partial charge in [0.1, 0.15) is 0 Å². The van der Waals surface area contributed by atoms with Crippen LogP contribution >= 0.6 is 0 Å². The minimum Gasteiger partial charge on any atom is -0.309 e. The van der Waals surface area contributed by atoms with Crippen LogP contribution in [0.15, 0.2) is 30.3 Å². The summed E-state index contributed by atoms with van der Waals surface area (Å²) in [5.74, 6) is 0.228. The number of hydrogen-bond donors (Lipinski definition) is 0. The van der Waals surface area contributed by atoms with Gasteiger partial charge in [0, 0.05) is 12.5 Å². The van der Waals surface area contributed by atoms with Gasteiger partial charge in [-0.2, -0.15) is 0 Å². The third kappa shape index (κ3) is 4.96.